The van der Waals surface area contributed by atoms with Gasteiger partial charge in [-0.15, -0.1) is 0 Å². The predicted octanol–water partition coefficient (Wildman–Crippen LogP) is 11.8. The standard InChI is InChI=1S/C83H83NO18/c1-89-82-76(95-51-61-38-20-7-21-39-61)74(94-50-60-36-18-6-19-37-60)72(68(98-82)55-92-48-58-32-14-4-15-33-58)101-83-77(96-52-62-40-22-8-23-41-62)75(71(93-49-59-34-16-5-17-35-59)67(99-83)54-91-47-57-30-12-3-13-31-57)102-81-69(84-78(86)64-44-26-27-45-65(64)79(84)87)73(100-80(88)63-42-24-9-25-43-63)70(85)66(97-81)53-90-46-56-28-10-2-11-29-56/h2-45,66-77,81-83,85H,46-55H2,1H3. The van der Waals surface area contributed by atoms with Crippen molar-refractivity contribution in [2.45, 2.75) is 138 Å². The van der Waals surface area contributed by atoms with Crippen molar-refractivity contribution >= 4 is 17.8 Å². The van der Waals surface area contributed by atoms with Crippen molar-refractivity contribution in [3.8, 4) is 0 Å². The number of aliphatic hydroxyl groups excluding tert-OH is 1. The summed E-state index contributed by atoms with van der Waals surface area (Å²) < 4.78 is 98.2. The van der Waals surface area contributed by atoms with Crippen LogP contribution in [0, 0.1) is 0 Å². The smallest absolute Gasteiger partial charge is 0.338 e. The van der Waals surface area contributed by atoms with Crippen LogP contribution in [-0.4, -0.2) is 147 Å². The molecule has 15 atom stereocenters. The number of fused-ring (bicyclic) bond motifs is 1. The Morgan fingerprint density at radius 3 is 1.10 bits per heavy atom. The van der Waals surface area contributed by atoms with Crippen LogP contribution in [0.3, 0.4) is 0 Å². The third-order valence-electron chi connectivity index (χ3n) is 18.3. The third kappa shape index (κ3) is 18.1. The largest absolute Gasteiger partial charge is 0.453 e. The van der Waals surface area contributed by atoms with E-state index in [-0.39, 0.29) is 82.8 Å². The van der Waals surface area contributed by atoms with Crippen LogP contribution < -0.4 is 0 Å². The van der Waals surface area contributed by atoms with Gasteiger partial charge in [-0.2, -0.15) is 0 Å². The zero-order valence-electron chi connectivity index (χ0n) is 56.5. The van der Waals surface area contributed by atoms with E-state index in [0.717, 1.165) is 43.8 Å². The molecule has 0 radical (unpaired) electrons. The number of benzene rings is 9. The molecule has 19 heteroatoms. The molecule has 0 aliphatic carbocycles. The highest BCUT2D eigenvalue weighted by molar-refractivity contribution is 6.21. The van der Waals surface area contributed by atoms with Gasteiger partial charge in [-0.25, -0.2) is 4.79 Å². The second-order valence-corrected chi connectivity index (χ2v) is 25.4. The molecular formula is C83H83NO18. The fourth-order valence-corrected chi connectivity index (χ4v) is 13.2. The molecular weight excluding hydrogens is 1300 g/mol. The van der Waals surface area contributed by atoms with E-state index < -0.39 is 110 Å². The third-order valence-corrected chi connectivity index (χ3v) is 18.3. The minimum atomic E-state index is -1.80. The lowest BCUT2D eigenvalue weighted by Gasteiger charge is -2.52. The minimum absolute atomic E-state index is 0.00822. The second-order valence-electron chi connectivity index (χ2n) is 25.4. The van der Waals surface area contributed by atoms with Crippen molar-refractivity contribution < 1.29 is 85.8 Å². The fourth-order valence-electron chi connectivity index (χ4n) is 13.2. The molecule has 19 nitrogen and oxygen atoms in total. The van der Waals surface area contributed by atoms with Crippen LogP contribution in [0.25, 0.3) is 0 Å². The molecule has 0 aromatic heterocycles. The molecule has 9 aromatic carbocycles. The molecule has 4 aliphatic heterocycles. The van der Waals surface area contributed by atoms with Crippen LogP contribution in [0.5, 0.6) is 0 Å². The Balaban J connectivity index is 0.963. The number of hydrogen-bond acceptors (Lipinski definition) is 18. The number of aliphatic hydroxyl groups is 1. The van der Waals surface area contributed by atoms with E-state index in [4.69, 9.17) is 66.3 Å². The van der Waals surface area contributed by atoms with E-state index in [1.54, 1.807) is 49.6 Å². The highest BCUT2D eigenvalue weighted by Gasteiger charge is 2.60. The number of hydrogen-bond donors (Lipinski definition) is 1. The Hall–Kier alpha value is -8.97. The zero-order valence-corrected chi connectivity index (χ0v) is 56.5. The SMILES string of the molecule is COC1OC(COCc2ccccc2)C(OC2OC(COCc3ccccc3)C(OCc3ccccc3)C(OC3OC(COCc4ccccc4)C(O)C(OC(=O)c4ccccc4)C3N3C(=O)c4ccccc4C3=O)C2OCc2ccccc2)C(OCc2ccccc2)C1OCc1ccccc1. The van der Waals surface area contributed by atoms with Crippen LogP contribution >= 0.6 is 0 Å². The molecule has 13 rings (SSSR count). The molecule has 528 valence electrons. The summed E-state index contributed by atoms with van der Waals surface area (Å²) in [6.45, 7) is 0.0973. The quantitative estimate of drug-likeness (QED) is 0.0307. The van der Waals surface area contributed by atoms with Gasteiger partial charge in [0, 0.05) is 7.11 Å². The lowest BCUT2D eigenvalue weighted by Crippen LogP contribution is -2.70. The number of ether oxygens (including phenoxy) is 14. The van der Waals surface area contributed by atoms with Gasteiger partial charge in [0.15, 0.2) is 25.0 Å². The second kappa shape index (κ2) is 35.8. The molecule has 4 aliphatic rings. The predicted molar refractivity (Wildman–Crippen MR) is 373 cm³/mol. The molecule has 1 N–H and O–H groups in total. The number of carbonyl (C=O) groups is 3. The Morgan fingerprint density at radius 1 is 0.353 bits per heavy atom. The lowest BCUT2D eigenvalue weighted by molar-refractivity contribution is -0.389. The van der Waals surface area contributed by atoms with Gasteiger partial charge in [-0.3, -0.25) is 14.5 Å². The molecule has 0 spiro atoms. The minimum Gasteiger partial charge on any atom is -0.453 e. The van der Waals surface area contributed by atoms with Crippen molar-refractivity contribution in [2.24, 2.45) is 0 Å². The van der Waals surface area contributed by atoms with Gasteiger partial charge in [0.05, 0.1) is 82.8 Å². The molecule has 4 heterocycles. The van der Waals surface area contributed by atoms with Crippen molar-refractivity contribution in [3.63, 3.8) is 0 Å². The first-order valence-corrected chi connectivity index (χ1v) is 34.4. The maximum absolute atomic E-state index is 15.3. The number of methoxy groups -OCH3 is 1. The van der Waals surface area contributed by atoms with Gasteiger partial charge < -0.3 is 71.4 Å². The molecule has 3 fully saturated rings. The molecule has 2 amide bonds. The Labute approximate surface area is 593 Å². The number of carbonyl (C=O) groups excluding carboxylic acids is 3. The summed E-state index contributed by atoms with van der Waals surface area (Å²) in [6.07, 6.45) is -18.5. The van der Waals surface area contributed by atoms with Gasteiger partial charge in [-0.1, -0.05) is 243 Å². The van der Waals surface area contributed by atoms with Crippen LogP contribution in [0.1, 0.15) is 70.0 Å². The van der Waals surface area contributed by atoms with Gasteiger partial charge >= 0.3 is 5.97 Å². The van der Waals surface area contributed by atoms with E-state index in [1.165, 1.54) is 12.1 Å². The van der Waals surface area contributed by atoms with Crippen molar-refractivity contribution in [3.05, 3.63) is 323 Å². The average molecular weight is 1380 g/mol. The summed E-state index contributed by atoms with van der Waals surface area (Å²) in [7, 11) is 1.55. The number of rotatable bonds is 32. The van der Waals surface area contributed by atoms with E-state index in [0.29, 0.717) is 0 Å². The van der Waals surface area contributed by atoms with Crippen LogP contribution in [0.15, 0.2) is 267 Å². The van der Waals surface area contributed by atoms with E-state index >= 15 is 9.59 Å². The molecule has 3 saturated heterocycles. The van der Waals surface area contributed by atoms with Gasteiger partial charge in [-0.05, 0) is 63.2 Å². The molecule has 0 bridgehead atoms. The average Bonchev–Trinajstić information content (AvgIpc) is 1.48. The van der Waals surface area contributed by atoms with Crippen molar-refractivity contribution in [2.75, 3.05) is 26.9 Å². The molecule has 0 saturated carbocycles. The summed E-state index contributed by atoms with van der Waals surface area (Å²) in [6, 6.07) is 80.3. The summed E-state index contributed by atoms with van der Waals surface area (Å²) >= 11 is 0. The van der Waals surface area contributed by atoms with Gasteiger partial charge in [0.2, 0.25) is 0 Å². The maximum atomic E-state index is 15.3. The Kier molecular flexibility index (Phi) is 25.0. The maximum Gasteiger partial charge on any atom is 0.338 e. The van der Waals surface area contributed by atoms with Gasteiger partial charge in [0.1, 0.15) is 67.1 Å². The summed E-state index contributed by atoms with van der Waals surface area (Å²) in [4.78, 5) is 46.3. The van der Waals surface area contributed by atoms with Crippen LogP contribution in [0.2, 0.25) is 0 Å². The number of imide groups is 1. The first kappa shape index (κ1) is 71.4. The fraction of sp³-hybridized carbons (Fsp3) is 0.313. The monoisotopic (exact) mass is 1380 g/mol. The zero-order chi connectivity index (χ0) is 69.8. The Morgan fingerprint density at radius 2 is 0.676 bits per heavy atom. The summed E-state index contributed by atoms with van der Waals surface area (Å²) in [5, 5.41) is 13.0. The summed E-state index contributed by atoms with van der Waals surface area (Å²) in [5.74, 6) is -2.37. The number of nitrogens with zero attached hydrogens (tertiary/aromatic N) is 1. The van der Waals surface area contributed by atoms with Gasteiger partial charge in [0.25, 0.3) is 11.8 Å². The number of esters is 1. The number of amides is 2. The first-order chi connectivity index (χ1) is 50.2. The van der Waals surface area contributed by atoms with E-state index in [1.807, 2.05) is 212 Å². The van der Waals surface area contributed by atoms with E-state index in [9.17, 15) is 9.90 Å². The van der Waals surface area contributed by atoms with Crippen LogP contribution in [0.4, 0.5) is 0 Å². The summed E-state index contributed by atoms with van der Waals surface area (Å²) in [5.41, 5.74) is 6.17. The van der Waals surface area contributed by atoms with Crippen molar-refractivity contribution in [1.29, 1.82) is 0 Å². The first-order valence-electron chi connectivity index (χ1n) is 34.4. The highest BCUT2D eigenvalue weighted by atomic mass is 16.8. The Bertz CT molecular complexity index is 3990. The normalized spacial score (nSPS) is 25.6. The van der Waals surface area contributed by atoms with Crippen molar-refractivity contribution in [1.82, 2.24) is 4.90 Å². The molecule has 102 heavy (non-hydrogen) atoms. The lowest BCUT2D eigenvalue weighted by atomic mass is 9.93. The highest BCUT2D eigenvalue weighted by Crippen LogP contribution is 2.41. The topological polar surface area (TPSA) is 204 Å². The van der Waals surface area contributed by atoms with E-state index in [2.05, 4.69) is 0 Å². The molecule has 9 aromatic rings. The van der Waals surface area contributed by atoms with Crippen LogP contribution in [-0.2, 0) is 113 Å². The molecule has 15 unspecified atom stereocenters.